The van der Waals surface area contributed by atoms with Gasteiger partial charge < -0.3 is 0 Å². The van der Waals surface area contributed by atoms with Crippen LogP contribution in [0, 0.1) is 0 Å². The van der Waals surface area contributed by atoms with Crippen LogP contribution in [0.15, 0.2) is 35.2 Å². The molecule has 0 radical (unpaired) electrons. The van der Waals surface area contributed by atoms with Crippen molar-refractivity contribution in [2.75, 3.05) is 0 Å². The molecule has 12 heavy (non-hydrogen) atoms. The summed E-state index contributed by atoms with van der Waals surface area (Å²) in [5.41, 5.74) is 3.61. The molecule has 0 unspecified atom stereocenters. The van der Waals surface area contributed by atoms with Crippen molar-refractivity contribution in [2.24, 2.45) is 0 Å². The van der Waals surface area contributed by atoms with Crippen molar-refractivity contribution in [1.29, 1.82) is 0 Å². The number of halogens is 1. The predicted molar refractivity (Wildman–Crippen MR) is 50.6 cm³/mol. The van der Waals surface area contributed by atoms with Crippen molar-refractivity contribution in [2.45, 2.75) is 33.1 Å². The van der Waals surface area contributed by atoms with Crippen molar-refractivity contribution in [3.8, 4) is 0 Å². The van der Waals surface area contributed by atoms with Crippen molar-refractivity contribution < 1.29 is 4.39 Å². The van der Waals surface area contributed by atoms with Crippen molar-refractivity contribution in [3.05, 3.63) is 35.2 Å². The molecule has 0 spiro atoms. The van der Waals surface area contributed by atoms with Gasteiger partial charge in [0.1, 0.15) is 5.83 Å². The standard InChI is InChI=1S/C11H15F/c1-8(2)10-4-6-11(7-5-10)9(3)12/h6H,3-5,7H2,1-2H3. The molecule has 0 amide bonds. The molecule has 1 rings (SSSR count). The molecule has 0 aliphatic heterocycles. The molecule has 0 aromatic rings. The summed E-state index contributed by atoms with van der Waals surface area (Å²) in [4.78, 5) is 0. The zero-order chi connectivity index (χ0) is 9.14. The highest BCUT2D eigenvalue weighted by atomic mass is 19.1. The van der Waals surface area contributed by atoms with Crippen LogP contribution in [-0.2, 0) is 0 Å². The normalized spacial score (nSPS) is 17.2. The Kier molecular flexibility index (Phi) is 2.85. The van der Waals surface area contributed by atoms with E-state index in [4.69, 9.17) is 0 Å². The third-order valence-corrected chi connectivity index (χ3v) is 2.35. The van der Waals surface area contributed by atoms with Crippen molar-refractivity contribution in [1.82, 2.24) is 0 Å². The highest BCUT2D eigenvalue weighted by Crippen LogP contribution is 2.28. The number of allylic oxidation sites excluding steroid dienone is 5. The molecule has 1 aliphatic carbocycles. The number of rotatable bonds is 1. The van der Waals surface area contributed by atoms with Crippen LogP contribution in [0.4, 0.5) is 4.39 Å². The van der Waals surface area contributed by atoms with Crippen LogP contribution in [0.25, 0.3) is 0 Å². The minimum absolute atomic E-state index is 0.261. The van der Waals surface area contributed by atoms with Gasteiger partial charge in [-0.15, -0.1) is 0 Å². The van der Waals surface area contributed by atoms with Crippen molar-refractivity contribution >= 4 is 0 Å². The Bertz CT molecular complexity index is 252. The molecular weight excluding hydrogens is 151 g/mol. The molecule has 66 valence electrons. The van der Waals surface area contributed by atoms with Gasteiger partial charge in [-0.2, -0.15) is 0 Å². The number of hydrogen-bond acceptors (Lipinski definition) is 0. The molecule has 0 saturated carbocycles. The first-order valence-electron chi connectivity index (χ1n) is 4.30. The summed E-state index contributed by atoms with van der Waals surface area (Å²) in [6.07, 6.45) is 4.67. The second-order valence-electron chi connectivity index (χ2n) is 3.44. The van der Waals surface area contributed by atoms with Gasteiger partial charge >= 0.3 is 0 Å². The van der Waals surface area contributed by atoms with Gasteiger partial charge in [-0.1, -0.05) is 23.8 Å². The van der Waals surface area contributed by atoms with E-state index in [1.165, 1.54) is 11.1 Å². The Labute approximate surface area is 73.5 Å². The van der Waals surface area contributed by atoms with E-state index in [1.54, 1.807) is 0 Å². The van der Waals surface area contributed by atoms with Gasteiger partial charge in [0.05, 0.1) is 0 Å². The first-order chi connectivity index (χ1) is 5.61. The van der Waals surface area contributed by atoms with E-state index in [9.17, 15) is 4.39 Å². The largest absolute Gasteiger partial charge is 0.207 e. The summed E-state index contributed by atoms with van der Waals surface area (Å²) < 4.78 is 12.6. The van der Waals surface area contributed by atoms with Crippen LogP contribution in [0.3, 0.4) is 0 Å². The molecule has 0 atom stereocenters. The molecule has 0 aromatic carbocycles. The average Bonchev–Trinajstić information content (AvgIpc) is 2.04. The maximum atomic E-state index is 12.6. The van der Waals surface area contributed by atoms with Crippen LogP contribution < -0.4 is 0 Å². The summed E-state index contributed by atoms with van der Waals surface area (Å²) in [6, 6.07) is 0. The van der Waals surface area contributed by atoms with E-state index in [1.807, 2.05) is 6.08 Å². The zero-order valence-electron chi connectivity index (χ0n) is 7.78. The minimum Gasteiger partial charge on any atom is -0.207 e. The lowest BCUT2D eigenvalue weighted by molar-refractivity contribution is 0.633. The van der Waals surface area contributed by atoms with Crippen molar-refractivity contribution in [3.63, 3.8) is 0 Å². The first kappa shape index (κ1) is 9.24. The van der Waals surface area contributed by atoms with Gasteiger partial charge in [0.25, 0.3) is 0 Å². The fourth-order valence-corrected chi connectivity index (χ4v) is 1.44. The first-order valence-corrected chi connectivity index (χ1v) is 4.30. The van der Waals surface area contributed by atoms with Gasteiger partial charge in [-0.25, -0.2) is 4.39 Å². The van der Waals surface area contributed by atoms with Crippen LogP contribution in [0.1, 0.15) is 33.1 Å². The van der Waals surface area contributed by atoms with Gasteiger partial charge in [0.2, 0.25) is 0 Å². The van der Waals surface area contributed by atoms with Crippen LogP contribution in [0.5, 0.6) is 0 Å². The SMILES string of the molecule is C=C(F)C1=CCC(=C(C)C)CC1. The second kappa shape index (κ2) is 3.70. The molecule has 0 saturated heterocycles. The quantitative estimate of drug-likeness (QED) is 0.518. The molecular formula is C11H15F. The topological polar surface area (TPSA) is 0 Å². The summed E-state index contributed by atoms with van der Waals surface area (Å²) >= 11 is 0. The Morgan fingerprint density at radius 3 is 2.42 bits per heavy atom. The minimum atomic E-state index is -0.261. The summed E-state index contributed by atoms with van der Waals surface area (Å²) in [5.74, 6) is -0.261. The molecule has 0 aromatic heterocycles. The third kappa shape index (κ3) is 2.07. The van der Waals surface area contributed by atoms with Crippen LogP contribution in [-0.4, -0.2) is 0 Å². The lowest BCUT2D eigenvalue weighted by Gasteiger charge is -2.15. The fraction of sp³-hybridized carbons (Fsp3) is 0.455. The highest BCUT2D eigenvalue weighted by molar-refractivity contribution is 5.30. The monoisotopic (exact) mass is 166 g/mol. The molecule has 0 N–H and O–H groups in total. The molecule has 0 heterocycles. The van der Waals surface area contributed by atoms with E-state index in [2.05, 4.69) is 20.4 Å². The summed E-state index contributed by atoms with van der Waals surface area (Å²) in [5, 5.41) is 0. The molecule has 1 aliphatic rings. The lowest BCUT2D eigenvalue weighted by atomic mass is 9.92. The molecule has 0 fully saturated rings. The van der Waals surface area contributed by atoms with E-state index < -0.39 is 0 Å². The molecule has 1 heteroatoms. The Balaban J connectivity index is 2.72. The van der Waals surface area contributed by atoms with E-state index in [-0.39, 0.29) is 5.83 Å². The summed E-state index contributed by atoms with van der Waals surface area (Å²) in [6.45, 7) is 7.52. The van der Waals surface area contributed by atoms with Gasteiger partial charge in [0, 0.05) is 0 Å². The van der Waals surface area contributed by atoms with E-state index in [0.29, 0.717) is 0 Å². The molecule has 0 nitrogen and oxygen atoms in total. The Morgan fingerprint density at radius 1 is 1.42 bits per heavy atom. The van der Waals surface area contributed by atoms with Gasteiger partial charge in [-0.05, 0) is 38.7 Å². The van der Waals surface area contributed by atoms with E-state index in [0.717, 1.165) is 24.8 Å². The lowest BCUT2D eigenvalue weighted by Crippen LogP contribution is -1.96. The third-order valence-electron chi connectivity index (χ3n) is 2.35. The Hall–Kier alpha value is -0.850. The Morgan fingerprint density at radius 2 is 2.08 bits per heavy atom. The van der Waals surface area contributed by atoms with Crippen LogP contribution in [0.2, 0.25) is 0 Å². The average molecular weight is 166 g/mol. The van der Waals surface area contributed by atoms with Gasteiger partial charge in [-0.3, -0.25) is 0 Å². The zero-order valence-corrected chi connectivity index (χ0v) is 7.78. The second-order valence-corrected chi connectivity index (χ2v) is 3.44. The number of hydrogen-bond donors (Lipinski definition) is 0. The van der Waals surface area contributed by atoms with E-state index >= 15 is 0 Å². The predicted octanol–water partition coefficient (Wildman–Crippen LogP) is 3.92. The highest BCUT2D eigenvalue weighted by Gasteiger charge is 2.10. The van der Waals surface area contributed by atoms with Gasteiger partial charge in [0.15, 0.2) is 0 Å². The smallest absolute Gasteiger partial charge is 0.118 e. The maximum Gasteiger partial charge on any atom is 0.118 e. The maximum absolute atomic E-state index is 12.6. The molecule has 0 bridgehead atoms. The fourth-order valence-electron chi connectivity index (χ4n) is 1.44. The van der Waals surface area contributed by atoms with Crippen LogP contribution >= 0.6 is 0 Å². The summed E-state index contributed by atoms with van der Waals surface area (Å²) in [7, 11) is 0.